The summed E-state index contributed by atoms with van der Waals surface area (Å²) in [5.74, 6) is 0.525. The zero-order valence-electron chi connectivity index (χ0n) is 14.1. The lowest BCUT2D eigenvalue weighted by molar-refractivity contribution is 0.138. The van der Waals surface area contributed by atoms with Gasteiger partial charge in [-0.2, -0.15) is 0 Å². The van der Waals surface area contributed by atoms with E-state index in [1.54, 1.807) is 49.8 Å². The molecular weight excluding hydrogens is 324 g/mol. The molecule has 0 aliphatic carbocycles. The van der Waals surface area contributed by atoms with Crippen LogP contribution in [0.1, 0.15) is 0 Å². The summed E-state index contributed by atoms with van der Waals surface area (Å²) in [5.41, 5.74) is 0. The number of para-hydroxylation sites is 1. The van der Waals surface area contributed by atoms with E-state index in [-0.39, 0.29) is 0 Å². The van der Waals surface area contributed by atoms with Crippen LogP contribution < -0.4 is 15.1 Å². The fraction of sp³-hybridized carbons (Fsp3) is 0.538. The zero-order chi connectivity index (χ0) is 16.8. The molecule has 0 heterocycles. The van der Waals surface area contributed by atoms with Gasteiger partial charge in [0.1, 0.15) is 5.75 Å². The molecule has 0 spiro atoms. The van der Waals surface area contributed by atoms with E-state index in [2.05, 4.69) is 0 Å². The van der Waals surface area contributed by atoms with Gasteiger partial charge in [0, 0.05) is 42.7 Å². The van der Waals surface area contributed by atoms with Gasteiger partial charge in [0.15, 0.2) is 0 Å². The third-order valence-corrected chi connectivity index (χ3v) is 8.82. The lowest BCUT2D eigenvalue weighted by Gasteiger charge is -2.30. The van der Waals surface area contributed by atoms with Crippen molar-refractivity contribution in [2.75, 3.05) is 49.8 Å². The second-order valence-electron chi connectivity index (χ2n) is 4.22. The maximum Gasteiger partial charge on any atom is 0.540 e. The summed E-state index contributed by atoms with van der Waals surface area (Å²) in [5, 5.41) is 1.37. The Morgan fingerprint density at radius 1 is 0.591 bits per heavy atom. The Labute approximate surface area is 133 Å². The SMILES string of the molecule is COc1c([Si](OC)(OC)OC)cccc1[Si](OC)(OC)OC. The molecule has 0 radical (unpaired) electrons. The lowest BCUT2D eigenvalue weighted by atomic mass is 10.3. The summed E-state index contributed by atoms with van der Waals surface area (Å²) in [6.07, 6.45) is 0. The molecule has 0 aliphatic heterocycles. The maximum atomic E-state index is 5.59. The molecule has 22 heavy (non-hydrogen) atoms. The minimum absolute atomic E-state index is 0.525. The maximum absolute atomic E-state index is 5.59. The summed E-state index contributed by atoms with van der Waals surface area (Å²) < 4.78 is 38.8. The van der Waals surface area contributed by atoms with Gasteiger partial charge in [-0.05, 0) is 0 Å². The predicted molar refractivity (Wildman–Crippen MR) is 85.8 cm³/mol. The number of methoxy groups -OCH3 is 1. The molecule has 7 nitrogen and oxygen atoms in total. The molecule has 9 heteroatoms. The minimum Gasteiger partial charge on any atom is -0.496 e. The van der Waals surface area contributed by atoms with Crippen molar-refractivity contribution in [3.63, 3.8) is 0 Å². The summed E-state index contributed by atoms with van der Waals surface area (Å²) >= 11 is 0. The number of hydrogen-bond donors (Lipinski definition) is 0. The summed E-state index contributed by atoms with van der Waals surface area (Å²) in [4.78, 5) is 0. The zero-order valence-corrected chi connectivity index (χ0v) is 16.1. The third kappa shape index (κ3) is 3.12. The van der Waals surface area contributed by atoms with E-state index in [0.29, 0.717) is 16.1 Å². The summed E-state index contributed by atoms with van der Waals surface area (Å²) in [7, 11) is 4.65. The molecule has 0 aromatic heterocycles. The van der Waals surface area contributed by atoms with Crippen molar-refractivity contribution in [2.24, 2.45) is 0 Å². The fourth-order valence-corrected chi connectivity index (χ4v) is 6.47. The van der Waals surface area contributed by atoms with Crippen molar-refractivity contribution in [3.8, 4) is 5.75 Å². The molecule has 1 aromatic rings. The van der Waals surface area contributed by atoms with Gasteiger partial charge in [-0.25, -0.2) is 0 Å². The van der Waals surface area contributed by atoms with Crippen molar-refractivity contribution in [1.29, 1.82) is 0 Å². The highest BCUT2D eigenvalue weighted by Gasteiger charge is 2.49. The standard InChI is InChI=1S/C13H24O7Si2/c1-14-13-11(21(15-2,16-3)17-4)9-8-10-12(13)22(18-5,19-6)20-7/h8-10H,1-7H3. The molecule has 0 atom stereocenters. The van der Waals surface area contributed by atoms with Gasteiger partial charge in [-0.3, -0.25) is 0 Å². The van der Waals surface area contributed by atoms with Crippen LogP contribution in [0.3, 0.4) is 0 Å². The normalized spacial score (nSPS) is 12.5. The Hall–Kier alpha value is -0.786. The monoisotopic (exact) mass is 348 g/mol. The van der Waals surface area contributed by atoms with Crippen molar-refractivity contribution < 1.29 is 31.3 Å². The van der Waals surface area contributed by atoms with Gasteiger partial charge in [0.05, 0.1) is 17.5 Å². The third-order valence-electron chi connectivity index (χ3n) is 3.49. The van der Waals surface area contributed by atoms with Crippen molar-refractivity contribution >= 4 is 28.0 Å². The van der Waals surface area contributed by atoms with Crippen LogP contribution >= 0.6 is 0 Å². The number of rotatable bonds is 9. The minimum atomic E-state index is -3.08. The predicted octanol–water partition coefficient (Wildman–Crippen LogP) is -0.135. The van der Waals surface area contributed by atoms with Crippen LogP contribution in [0, 0.1) is 0 Å². The van der Waals surface area contributed by atoms with E-state index in [4.69, 9.17) is 31.3 Å². The Balaban J connectivity index is 3.62. The van der Waals surface area contributed by atoms with Gasteiger partial charge in [-0.1, -0.05) is 18.2 Å². The second kappa shape index (κ2) is 8.17. The summed E-state index contributed by atoms with van der Waals surface area (Å²) in [6.45, 7) is 0. The molecule has 0 amide bonds. The Morgan fingerprint density at radius 3 is 1.14 bits per heavy atom. The average molecular weight is 349 g/mol. The number of ether oxygens (including phenoxy) is 1. The van der Waals surface area contributed by atoms with Crippen molar-refractivity contribution in [3.05, 3.63) is 18.2 Å². The Kier molecular flexibility index (Phi) is 7.16. The Bertz CT molecular complexity index is 421. The molecule has 0 saturated carbocycles. The second-order valence-corrected chi connectivity index (χ2v) is 9.98. The first kappa shape index (κ1) is 19.3. The van der Waals surface area contributed by atoms with Crippen LogP contribution in [-0.4, -0.2) is 67.4 Å². The topological polar surface area (TPSA) is 64.6 Å². The van der Waals surface area contributed by atoms with Crippen molar-refractivity contribution in [1.82, 2.24) is 0 Å². The van der Waals surface area contributed by atoms with Gasteiger partial charge in [0.2, 0.25) is 0 Å². The highest BCUT2D eigenvalue weighted by atomic mass is 28.4. The van der Waals surface area contributed by atoms with Gasteiger partial charge in [0.25, 0.3) is 0 Å². The van der Waals surface area contributed by atoms with Crippen LogP contribution in [0.4, 0.5) is 0 Å². The molecule has 0 fully saturated rings. The van der Waals surface area contributed by atoms with Gasteiger partial charge < -0.3 is 31.3 Å². The highest BCUT2D eigenvalue weighted by molar-refractivity contribution is 6.80. The van der Waals surface area contributed by atoms with Gasteiger partial charge >= 0.3 is 17.6 Å². The van der Waals surface area contributed by atoms with Gasteiger partial charge in [-0.15, -0.1) is 0 Å². The van der Waals surface area contributed by atoms with Crippen molar-refractivity contribution in [2.45, 2.75) is 0 Å². The lowest BCUT2D eigenvalue weighted by Crippen LogP contribution is -2.60. The van der Waals surface area contributed by atoms with E-state index < -0.39 is 17.6 Å². The van der Waals surface area contributed by atoms with Crippen LogP contribution in [0.5, 0.6) is 5.75 Å². The molecule has 126 valence electrons. The quantitative estimate of drug-likeness (QED) is 0.576. The fourth-order valence-electron chi connectivity index (χ4n) is 2.40. The number of benzene rings is 1. The first-order valence-corrected chi connectivity index (χ1v) is 9.98. The van der Waals surface area contributed by atoms with E-state index >= 15 is 0 Å². The first-order valence-electron chi connectivity index (χ1n) is 6.53. The molecule has 1 aromatic carbocycles. The van der Waals surface area contributed by atoms with E-state index in [1.807, 2.05) is 18.2 Å². The van der Waals surface area contributed by atoms with E-state index in [9.17, 15) is 0 Å². The first-order chi connectivity index (χ1) is 10.5. The highest BCUT2D eigenvalue weighted by Crippen LogP contribution is 2.19. The average Bonchev–Trinajstić information content (AvgIpc) is 2.59. The van der Waals surface area contributed by atoms with Crippen LogP contribution in [0.2, 0.25) is 0 Å². The van der Waals surface area contributed by atoms with Crippen LogP contribution in [0.15, 0.2) is 18.2 Å². The van der Waals surface area contributed by atoms with E-state index in [1.165, 1.54) is 0 Å². The molecule has 0 saturated heterocycles. The Morgan fingerprint density at radius 2 is 0.909 bits per heavy atom. The molecule has 0 unspecified atom stereocenters. The molecule has 0 N–H and O–H groups in total. The van der Waals surface area contributed by atoms with Crippen LogP contribution in [-0.2, 0) is 26.6 Å². The number of hydrogen-bond acceptors (Lipinski definition) is 7. The molecular formula is C13H24O7Si2. The molecule has 0 aliphatic rings. The molecule has 1 rings (SSSR count). The van der Waals surface area contributed by atoms with Crippen LogP contribution in [0.25, 0.3) is 0 Å². The molecule has 0 bridgehead atoms. The smallest absolute Gasteiger partial charge is 0.496 e. The largest absolute Gasteiger partial charge is 0.540 e. The summed E-state index contributed by atoms with van der Waals surface area (Å²) in [6, 6.07) is 5.52. The van der Waals surface area contributed by atoms with E-state index in [0.717, 1.165) is 0 Å².